The third-order valence-electron chi connectivity index (χ3n) is 3.35. The van der Waals surface area contributed by atoms with Gasteiger partial charge in [-0.3, -0.25) is 4.79 Å². The molecular weight excluding hydrogens is 321 g/mol. The Balaban J connectivity index is 0.00000242. The summed E-state index contributed by atoms with van der Waals surface area (Å²) in [6, 6.07) is 5.42. The second-order valence-corrected chi connectivity index (χ2v) is 5.14. The van der Waals surface area contributed by atoms with Crippen molar-refractivity contribution in [2.75, 3.05) is 11.9 Å². The summed E-state index contributed by atoms with van der Waals surface area (Å²) in [7, 11) is 0. The number of carbonyl (C=O) groups is 1. The number of nitrogens with one attached hydrogen (secondary N) is 2. The van der Waals surface area contributed by atoms with Crippen LogP contribution in [0.15, 0.2) is 24.3 Å². The highest BCUT2D eigenvalue weighted by Crippen LogP contribution is 2.24. The van der Waals surface area contributed by atoms with E-state index in [1.165, 1.54) is 24.3 Å². The quantitative estimate of drug-likeness (QED) is 0.888. The Labute approximate surface area is 132 Å². The molecule has 124 valence electrons. The molecule has 4 nitrogen and oxygen atoms in total. The van der Waals surface area contributed by atoms with Crippen LogP contribution in [0.2, 0.25) is 0 Å². The molecule has 1 saturated heterocycles. The number of hydrogen-bond donors (Lipinski definition) is 2. The van der Waals surface area contributed by atoms with Crippen LogP contribution in [0, 0.1) is 5.92 Å². The number of ether oxygens (including phenoxy) is 1. The number of halogens is 4. The highest BCUT2D eigenvalue weighted by atomic mass is 35.5. The molecule has 0 aromatic heterocycles. The highest BCUT2D eigenvalue weighted by Gasteiger charge is 2.31. The summed E-state index contributed by atoms with van der Waals surface area (Å²) < 4.78 is 39.9. The van der Waals surface area contributed by atoms with Gasteiger partial charge in [-0.25, -0.2) is 0 Å². The van der Waals surface area contributed by atoms with Crippen molar-refractivity contribution in [3.05, 3.63) is 24.3 Å². The fourth-order valence-corrected chi connectivity index (χ4v) is 2.35. The van der Waals surface area contributed by atoms with Crippen LogP contribution >= 0.6 is 12.4 Å². The zero-order chi connectivity index (χ0) is 15.5. The molecule has 0 unspecified atom stereocenters. The van der Waals surface area contributed by atoms with Crippen molar-refractivity contribution < 1.29 is 22.7 Å². The molecule has 2 N–H and O–H groups in total. The summed E-state index contributed by atoms with van der Waals surface area (Å²) in [5.74, 6) is -0.490. The predicted molar refractivity (Wildman–Crippen MR) is 79.2 cm³/mol. The van der Waals surface area contributed by atoms with Crippen molar-refractivity contribution in [2.45, 2.75) is 32.2 Å². The van der Waals surface area contributed by atoms with Gasteiger partial charge in [0.15, 0.2) is 0 Å². The molecule has 0 radical (unpaired) electrons. The van der Waals surface area contributed by atoms with Crippen molar-refractivity contribution in [1.29, 1.82) is 0 Å². The zero-order valence-corrected chi connectivity index (χ0v) is 12.8. The van der Waals surface area contributed by atoms with Gasteiger partial charge in [0, 0.05) is 17.6 Å². The largest absolute Gasteiger partial charge is 0.573 e. The third kappa shape index (κ3) is 5.73. The molecule has 2 atom stereocenters. The van der Waals surface area contributed by atoms with Gasteiger partial charge in [-0.1, -0.05) is 0 Å². The number of benzene rings is 1. The van der Waals surface area contributed by atoms with E-state index in [1.807, 2.05) is 6.92 Å². The van der Waals surface area contributed by atoms with Crippen LogP contribution in [-0.2, 0) is 4.79 Å². The van der Waals surface area contributed by atoms with Crippen LogP contribution in [0.5, 0.6) is 5.75 Å². The van der Waals surface area contributed by atoms with Crippen molar-refractivity contribution in [3.63, 3.8) is 0 Å². The van der Waals surface area contributed by atoms with Gasteiger partial charge in [-0.05, 0) is 50.6 Å². The Bertz CT molecular complexity index is 494. The zero-order valence-electron chi connectivity index (χ0n) is 11.9. The van der Waals surface area contributed by atoms with E-state index in [1.54, 1.807) is 0 Å². The van der Waals surface area contributed by atoms with E-state index < -0.39 is 6.36 Å². The number of alkyl halides is 3. The van der Waals surface area contributed by atoms with Gasteiger partial charge in [0.2, 0.25) is 5.91 Å². The summed E-state index contributed by atoms with van der Waals surface area (Å²) in [6.45, 7) is 2.81. The molecule has 1 heterocycles. The van der Waals surface area contributed by atoms with Gasteiger partial charge in [-0.2, -0.15) is 0 Å². The van der Waals surface area contributed by atoms with Crippen LogP contribution in [0.25, 0.3) is 0 Å². The van der Waals surface area contributed by atoms with E-state index >= 15 is 0 Å². The SMILES string of the molecule is C[C@H]1C[C@@H](C(=O)Nc2ccc(OC(F)(F)F)cc2)CCN1.Cl. The number of hydrogen-bond acceptors (Lipinski definition) is 3. The first-order chi connectivity index (χ1) is 9.83. The third-order valence-corrected chi connectivity index (χ3v) is 3.35. The average molecular weight is 339 g/mol. The smallest absolute Gasteiger partial charge is 0.406 e. The van der Waals surface area contributed by atoms with Crippen molar-refractivity contribution in [2.24, 2.45) is 5.92 Å². The lowest BCUT2D eigenvalue weighted by Gasteiger charge is -2.27. The molecule has 1 aromatic rings. The molecule has 2 rings (SSSR count). The normalized spacial score (nSPS) is 21.6. The minimum atomic E-state index is -4.71. The lowest BCUT2D eigenvalue weighted by atomic mass is 9.92. The predicted octanol–water partition coefficient (Wildman–Crippen LogP) is 3.33. The van der Waals surface area contributed by atoms with Crippen LogP contribution in [-0.4, -0.2) is 24.9 Å². The summed E-state index contributed by atoms with van der Waals surface area (Å²) in [5.41, 5.74) is 0.459. The number of amides is 1. The number of rotatable bonds is 3. The number of carbonyl (C=O) groups excluding carboxylic acids is 1. The summed E-state index contributed by atoms with van der Waals surface area (Å²) in [6.07, 6.45) is -3.21. The molecular formula is C14H18ClF3N2O2. The molecule has 1 aliphatic rings. The van der Waals surface area contributed by atoms with Crippen LogP contribution in [0.3, 0.4) is 0 Å². The molecule has 22 heavy (non-hydrogen) atoms. The molecule has 0 bridgehead atoms. The summed E-state index contributed by atoms with van der Waals surface area (Å²) in [5, 5.41) is 5.98. The summed E-state index contributed by atoms with van der Waals surface area (Å²) in [4.78, 5) is 12.1. The molecule has 8 heteroatoms. The van der Waals surface area contributed by atoms with Crippen LogP contribution in [0.4, 0.5) is 18.9 Å². The van der Waals surface area contributed by atoms with Crippen molar-refractivity contribution in [3.8, 4) is 5.75 Å². The maximum atomic E-state index is 12.1. The molecule has 0 spiro atoms. The monoisotopic (exact) mass is 338 g/mol. The lowest BCUT2D eigenvalue weighted by Crippen LogP contribution is -2.40. The first-order valence-corrected chi connectivity index (χ1v) is 6.73. The van der Waals surface area contributed by atoms with E-state index in [0.717, 1.165) is 19.4 Å². The molecule has 1 fully saturated rings. The number of piperidine rings is 1. The van der Waals surface area contributed by atoms with E-state index in [9.17, 15) is 18.0 Å². The Morgan fingerprint density at radius 2 is 1.95 bits per heavy atom. The first-order valence-electron chi connectivity index (χ1n) is 6.73. The fraction of sp³-hybridized carbons (Fsp3) is 0.500. The Kier molecular flexibility index (Phi) is 6.49. The second-order valence-electron chi connectivity index (χ2n) is 5.14. The standard InChI is InChI=1S/C14H17F3N2O2.ClH/c1-9-8-10(6-7-18-9)13(20)19-11-2-4-12(5-3-11)21-14(15,16)17;/h2-5,9-10,18H,6-8H2,1H3,(H,19,20);1H/t9-,10-;/m0./s1. The van der Waals surface area contributed by atoms with Crippen LogP contribution < -0.4 is 15.4 Å². The van der Waals surface area contributed by atoms with Crippen molar-refractivity contribution >= 4 is 24.0 Å². The minimum absolute atomic E-state index is 0. The van der Waals surface area contributed by atoms with Gasteiger partial charge >= 0.3 is 6.36 Å². The first kappa shape index (κ1) is 18.6. The summed E-state index contributed by atoms with van der Waals surface area (Å²) >= 11 is 0. The topological polar surface area (TPSA) is 50.4 Å². The Hall–Kier alpha value is -1.47. The van der Waals surface area contributed by atoms with Gasteiger partial charge in [-0.15, -0.1) is 25.6 Å². The molecule has 1 amide bonds. The molecule has 0 saturated carbocycles. The fourth-order valence-electron chi connectivity index (χ4n) is 2.35. The van der Waals surface area contributed by atoms with Crippen molar-refractivity contribution in [1.82, 2.24) is 5.32 Å². The Morgan fingerprint density at radius 1 is 1.32 bits per heavy atom. The second kappa shape index (κ2) is 7.69. The maximum Gasteiger partial charge on any atom is 0.573 e. The minimum Gasteiger partial charge on any atom is -0.406 e. The Morgan fingerprint density at radius 3 is 2.50 bits per heavy atom. The molecule has 1 aliphatic heterocycles. The molecule has 0 aliphatic carbocycles. The van der Waals surface area contributed by atoms with Gasteiger partial charge in [0.25, 0.3) is 0 Å². The van der Waals surface area contributed by atoms with E-state index in [0.29, 0.717) is 5.69 Å². The van der Waals surface area contributed by atoms with Gasteiger partial charge in [0.1, 0.15) is 5.75 Å². The lowest BCUT2D eigenvalue weighted by molar-refractivity contribution is -0.274. The van der Waals surface area contributed by atoms with E-state index in [4.69, 9.17) is 0 Å². The maximum absolute atomic E-state index is 12.1. The highest BCUT2D eigenvalue weighted by molar-refractivity contribution is 5.92. The van der Waals surface area contributed by atoms with Crippen LogP contribution in [0.1, 0.15) is 19.8 Å². The van der Waals surface area contributed by atoms with Gasteiger partial charge < -0.3 is 15.4 Å². The number of anilines is 1. The molecule has 1 aromatic carbocycles. The average Bonchev–Trinajstić information content (AvgIpc) is 2.39. The van der Waals surface area contributed by atoms with E-state index in [2.05, 4.69) is 15.4 Å². The van der Waals surface area contributed by atoms with E-state index in [-0.39, 0.29) is 36.0 Å². The van der Waals surface area contributed by atoms with Gasteiger partial charge in [0.05, 0.1) is 0 Å².